The Bertz CT molecular complexity index is 101. The molecule has 45 valence electrons. The second kappa shape index (κ2) is 2.32. The molecule has 1 N–H and O–H groups in total. The lowest BCUT2D eigenvalue weighted by atomic mass is 10.4. The molecule has 1 saturated heterocycles. The number of hydrogen-bond acceptors (Lipinski definition) is 4. The van der Waals surface area contributed by atoms with Crippen LogP contribution < -0.4 is 4.72 Å². The fourth-order valence-electron chi connectivity index (χ4n) is 0.443. The Labute approximate surface area is 50.9 Å². The molecule has 0 saturated carbocycles. The number of rotatable bonds is 1. The zero-order valence-electron chi connectivity index (χ0n) is 4.03. The normalized spacial score (nSPS) is 28.2. The Hall–Kier alpha value is -0.290. The average molecular weight is 133 g/mol. The maximum Gasteiger partial charge on any atom is 0.275 e. The molecule has 1 unspecified atom stereocenters. The van der Waals surface area contributed by atoms with Gasteiger partial charge in [-0.15, -0.1) is 0 Å². The molecule has 1 heterocycles. The highest BCUT2D eigenvalue weighted by atomic mass is 32.2. The zero-order valence-corrected chi connectivity index (χ0v) is 4.85. The van der Waals surface area contributed by atoms with Crippen LogP contribution in [0.5, 0.6) is 0 Å². The van der Waals surface area contributed by atoms with Gasteiger partial charge in [0.25, 0.3) is 6.17 Å². The van der Waals surface area contributed by atoms with Crippen molar-refractivity contribution in [1.82, 2.24) is 4.72 Å². The molecule has 1 radical (unpaired) electrons. The maximum absolute atomic E-state index is 9.91. The van der Waals surface area contributed by atoms with Gasteiger partial charge >= 0.3 is 0 Å². The van der Waals surface area contributed by atoms with Crippen LogP contribution in [0.1, 0.15) is 6.42 Å². The summed E-state index contributed by atoms with van der Waals surface area (Å²) in [5, 5.41) is 9.91. The summed E-state index contributed by atoms with van der Waals surface area (Å²) in [6, 6.07) is 0. The van der Waals surface area contributed by atoms with Crippen molar-refractivity contribution in [3.05, 3.63) is 15.9 Å². The smallest absolute Gasteiger partial charge is 0.263 e. The molecule has 1 fully saturated rings. The lowest BCUT2D eigenvalue weighted by Gasteiger charge is -1.95. The molecule has 5 heteroatoms. The van der Waals surface area contributed by atoms with E-state index in [9.17, 15) is 10.1 Å². The second-order valence-electron chi connectivity index (χ2n) is 1.44. The van der Waals surface area contributed by atoms with Gasteiger partial charge in [-0.05, 0) is 0 Å². The first-order valence-electron chi connectivity index (χ1n) is 2.17. The van der Waals surface area contributed by atoms with E-state index in [4.69, 9.17) is 0 Å². The van der Waals surface area contributed by atoms with Crippen LogP contribution in [0.15, 0.2) is 0 Å². The van der Waals surface area contributed by atoms with Crippen molar-refractivity contribution in [1.29, 1.82) is 0 Å². The maximum atomic E-state index is 9.91. The van der Waals surface area contributed by atoms with Crippen LogP contribution >= 0.6 is 11.9 Å². The topological polar surface area (TPSA) is 55.2 Å². The van der Waals surface area contributed by atoms with Crippen molar-refractivity contribution < 1.29 is 4.92 Å². The van der Waals surface area contributed by atoms with Crippen LogP contribution in [0.25, 0.3) is 0 Å². The van der Waals surface area contributed by atoms with Gasteiger partial charge < -0.3 is 0 Å². The highest BCUT2D eigenvalue weighted by Crippen LogP contribution is 2.17. The van der Waals surface area contributed by atoms with Crippen molar-refractivity contribution in [3.8, 4) is 0 Å². The first kappa shape index (κ1) is 5.84. The van der Waals surface area contributed by atoms with Crippen molar-refractivity contribution in [3.63, 3.8) is 0 Å². The number of nitrogens with zero attached hydrogens (tertiary/aromatic N) is 1. The molecule has 1 aliphatic heterocycles. The molecule has 0 bridgehead atoms. The summed E-state index contributed by atoms with van der Waals surface area (Å²) in [5.41, 5.74) is 0. The molecule has 8 heavy (non-hydrogen) atoms. The van der Waals surface area contributed by atoms with E-state index in [-0.39, 0.29) is 4.92 Å². The van der Waals surface area contributed by atoms with Gasteiger partial charge in [0, 0.05) is 17.1 Å². The molecular weight excluding hydrogens is 128 g/mol. The van der Waals surface area contributed by atoms with E-state index in [1.807, 2.05) is 0 Å². The Morgan fingerprint density at radius 2 is 2.75 bits per heavy atom. The molecule has 0 spiro atoms. The first-order chi connectivity index (χ1) is 3.80. The van der Waals surface area contributed by atoms with E-state index in [2.05, 4.69) is 4.72 Å². The molecule has 4 nitrogen and oxygen atoms in total. The molecule has 1 atom stereocenters. The lowest BCUT2D eigenvalue weighted by Crippen LogP contribution is -2.26. The van der Waals surface area contributed by atoms with Crippen LogP contribution in [-0.2, 0) is 0 Å². The van der Waals surface area contributed by atoms with E-state index in [0.717, 1.165) is 0 Å². The summed E-state index contributed by atoms with van der Waals surface area (Å²) in [4.78, 5) is 9.59. The molecular formula is C3H5N2O2S. The molecule has 1 rings (SSSR count). The fraction of sp³-hybridized carbons (Fsp3) is 0.667. The van der Waals surface area contributed by atoms with Crippen molar-refractivity contribution in [2.45, 2.75) is 12.6 Å². The van der Waals surface area contributed by atoms with E-state index >= 15 is 0 Å². The van der Waals surface area contributed by atoms with Crippen LogP contribution in [0.4, 0.5) is 0 Å². The van der Waals surface area contributed by atoms with Crippen LogP contribution in [0, 0.1) is 15.9 Å². The predicted octanol–water partition coefficient (Wildman–Crippen LogP) is 0.392. The first-order valence-corrected chi connectivity index (χ1v) is 3.05. The molecule has 0 aromatic heterocycles. The van der Waals surface area contributed by atoms with Gasteiger partial charge in [0.1, 0.15) is 0 Å². The minimum atomic E-state index is -0.556. The van der Waals surface area contributed by atoms with E-state index in [1.165, 1.54) is 11.9 Å². The van der Waals surface area contributed by atoms with Gasteiger partial charge in [0.2, 0.25) is 0 Å². The zero-order chi connectivity index (χ0) is 5.98. The Balaban J connectivity index is 2.35. The van der Waals surface area contributed by atoms with Gasteiger partial charge in [-0.2, -0.15) is 4.72 Å². The van der Waals surface area contributed by atoms with E-state index in [0.29, 0.717) is 6.42 Å². The summed E-state index contributed by atoms with van der Waals surface area (Å²) in [5.74, 6) is 1.79. The van der Waals surface area contributed by atoms with Crippen LogP contribution in [0.3, 0.4) is 0 Å². The van der Waals surface area contributed by atoms with Crippen LogP contribution in [-0.4, -0.2) is 11.1 Å². The summed E-state index contributed by atoms with van der Waals surface area (Å²) in [7, 11) is 0. The minimum absolute atomic E-state index is 0.323. The monoisotopic (exact) mass is 133 g/mol. The number of nitro groups is 1. The Morgan fingerprint density at radius 3 is 3.00 bits per heavy atom. The van der Waals surface area contributed by atoms with Crippen molar-refractivity contribution in [2.24, 2.45) is 0 Å². The molecule has 1 aliphatic rings. The molecule has 0 amide bonds. The third-order valence-electron chi connectivity index (χ3n) is 0.861. The Kier molecular flexibility index (Phi) is 1.69. The fourth-order valence-corrected chi connectivity index (χ4v) is 1.16. The summed E-state index contributed by atoms with van der Waals surface area (Å²) < 4.78 is 2.62. The largest absolute Gasteiger partial charge is 0.275 e. The average Bonchev–Trinajstić information content (AvgIpc) is 2.12. The predicted molar refractivity (Wildman–Crippen MR) is 30.4 cm³/mol. The molecule has 0 aromatic carbocycles. The molecule has 0 aliphatic carbocycles. The Morgan fingerprint density at radius 1 is 2.00 bits per heavy atom. The van der Waals surface area contributed by atoms with E-state index in [1.54, 1.807) is 5.75 Å². The quantitative estimate of drug-likeness (QED) is 0.319. The van der Waals surface area contributed by atoms with Crippen LogP contribution in [0.2, 0.25) is 0 Å². The summed E-state index contributed by atoms with van der Waals surface area (Å²) >= 11 is 1.29. The summed E-state index contributed by atoms with van der Waals surface area (Å²) in [6.07, 6.45) is -0.0301. The lowest BCUT2D eigenvalue weighted by molar-refractivity contribution is -0.523. The standard InChI is InChI=1S/C3H5N2O2S/c6-5(7)3-1-2-8-4-3/h2-4H,1H2. The second-order valence-corrected chi connectivity index (χ2v) is 2.24. The third kappa shape index (κ3) is 1.10. The highest BCUT2D eigenvalue weighted by Gasteiger charge is 2.24. The SMILES string of the molecule is O=[N+]([O-])C1C[CH]SN1. The number of hydrogen-bond donors (Lipinski definition) is 1. The van der Waals surface area contributed by atoms with Gasteiger partial charge in [-0.3, -0.25) is 10.1 Å². The molecule has 0 aromatic rings. The minimum Gasteiger partial charge on any atom is -0.263 e. The number of nitrogens with one attached hydrogen (secondary N) is 1. The highest BCUT2D eigenvalue weighted by molar-refractivity contribution is 7.99. The van der Waals surface area contributed by atoms with Crippen molar-refractivity contribution in [2.75, 3.05) is 0 Å². The third-order valence-corrected chi connectivity index (χ3v) is 1.63. The van der Waals surface area contributed by atoms with Gasteiger partial charge in [0.05, 0.1) is 0 Å². The van der Waals surface area contributed by atoms with Gasteiger partial charge in [-0.1, -0.05) is 11.9 Å². The van der Waals surface area contributed by atoms with Gasteiger partial charge in [0.15, 0.2) is 0 Å². The van der Waals surface area contributed by atoms with Gasteiger partial charge in [-0.25, -0.2) is 0 Å². The van der Waals surface area contributed by atoms with E-state index < -0.39 is 6.17 Å². The summed E-state index contributed by atoms with van der Waals surface area (Å²) in [6.45, 7) is 0. The van der Waals surface area contributed by atoms with Crippen molar-refractivity contribution >= 4 is 11.9 Å².